The monoisotopic (exact) mass is 188 g/mol. The van der Waals surface area contributed by atoms with Crippen molar-refractivity contribution in [2.45, 2.75) is 52.1 Å². The van der Waals surface area contributed by atoms with Crippen molar-refractivity contribution < 1.29 is 15.0 Å². The van der Waals surface area contributed by atoms with Crippen molar-refractivity contribution in [2.24, 2.45) is 5.92 Å². The smallest absolute Gasteiger partial charge is 0.303 e. The highest BCUT2D eigenvalue weighted by atomic mass is 16.4. The van der Waals surface area contributed by atoms with Crippen molar-refractivity contribution in [2.75, 3.05) is 0 Å². The molecular weight excluding hydrogens is 168 g/mol. The minimum Gasteiger partial charge on any atom is -0.481 e. The third-order valence-corrected chi connectivity index (χ3v) is 1.92. The first-order valence-electron chi connectivity index (χ1n) is 4.92. The Balaban J connectivity index is 3.26. The first-order chi connectivity index (χ1) is 6.02. The van der Waals surface area contributed by atoms with E-state index in [-0.39, 0.29) is 12.5 Å². The van der Waals surface area contributed by atoms with Gasteiger partial charge in [0.1, 0.15) is 0 Å². The van der Waals surface area contributed by atoms with Crippen LogP contribution in [0.3, 0.4) is 0 Å². The molecule has 0 aliphatic rings. The summed E-state index contributed by atoms with van der Waals surface area (Å²) < 4.78 is 0. The van der Waals surface area contributed by atoms with E-state index in [1.54, 1.807) is 0 Å². The summed E-state index contributed by atoms with van der Waals surface area (Å²) in [5.74, 6) is -0.243. The van der Waals surface area contributed by atoms with Gasteiger partial charge in [-0.15, -0.1) is 0 Å². The molecule has 0 aromatic rings. The lowest BCUT2D eigenvalue weighted by Crippen LogP contribution is -2.09. The van der Waals surface area contributed by atoms with E-state index in [2.05, 4.69) is 13.8 Å². The van der Waals surface area contributed by atoms with Gasteiger partial charge in [-0.25, -0.2) is 0 Å². The first kappa shape index (κ1) is 12.4. The number of aliphatic carboxylic acids is 1. The minimum absolute atomic E-state index is 0.217. The molecule has 0 saturated heterocycles. The highest BCUT2D eigenvalue weighted by Gasteiger charge is 2.06. The Kier molecular flexibility index (Phi) is 6.59. The minimum atomic E-state index is -0.752. The number of rotatable bonds is 7. The highest BCUT2D eigenvalue weighted by Crippen LogP contribution is 2.11. The fourth-order valence-corrected chi connectivity index (χ4v) is 1.32. The fourth-order valence-electron chi connectivity index (χ4n) is 1.32. The molecule has 0 aromatic carbocycles. The van der Waals surface area contributed by atoms with E-state index in [0.29, 0.717) is 12.3 Å². The van der Waals surface area contributed by atoms with E-state index in [9.17, 15) is 9.90 Å². The van der Waals surface area contributed by atoms with E-state index in [4.69, 9.17) is 5.11 Å². The van der Waals surface area contributed by atoms with Gasteiger partial charge in [-0.2, -0.15) is 0 Å². The Morgan fingerprint density at radius 3 is 2.38 bits per heavy atom. The number of hydrogen-bond acceptors (Lipinski definition) is 2. The largest absolute Gasteiger partial charge is 0.481 e. The molecule has 0 aliphatic heterocycles. The summed E-state index contributed by atoms with van der Waals surface area (Å²) in [6, 6.07) is 0. The third-order valence-electron chi connectivity index (χ3n) is 1.92. The van der Waals surface area contributed by atoms with Crippen molar-refractivity contribution >= 4 is 5.97 Å². The van der Waals surface area contributed by atoms with Crippen LogP contribution in [0, 0.1) is 5.92 Å². The molecule has 0 spiro atoms. The zero-order valence-electron chi connectivity index (χ0n) is 8.49. The van der Waals surface area contributed by atoms with Gasteiger partial charge in [0, 0.05) is 6.42 Å². The van der Waals surface area contributed by atoms with Crippen LogP contribution in [0.5, 0.6) is 0 Å². The van der Waals surface area contributed by atoms with Crippen LogP contribution in [0.15, 0.2) is 0 Å². The number of aliphatic hydroxyl groups excluding tert-OH is 1. The second kappa shape index (κ2) is 6.89. The molecule has 0 bridgehead atoms. The van der Waals surface area contributed by atoms with Crippen LogP contribution in [0.2, 0.25) is 0 Å². The molecule has 3 nitrogen and oxygen atoms in total. The Morgan fingerprint density at radius 2 is 1.92 bits per heavy atom. The molecule has 13 heavy (non-hydrogen) atoms. The van der Waals surface area contributed by atoms with Crippen LogP contribution in [0.25, 0.3) is 0 Å². The molecule has 0 aliphatic carbocycles. The SMILES string of the molecule is CC(C)CC(O)CCCCC(=O)O. The zero-order valence-corrected chi connectivity index (χ0v) is 8.49. The number of aliphatic hydroxyl groups is 1. The van der Waals surface area contributed by atoms with Gasteiger partial charge < -0.3 is 10.2 Å². The van der Waals surface area contributed by atoms with Crippen LogP contribution in [-0.2, 0) is 4.79 Å². The lowest BCUT2D eigenvalue weighted by atomic mass is 10.0. The predicted octanol–water partition coefficient (Wildman–Crippen LogP) is 2.04. The van der Waals surface area contributed by atoms with Crippen molar-refractivity contribution in [1.82, 2.24) is 0 Å². The van der Waals surface area contributed by atoms with Crippen LogP contribution < -0.4 is 0 Å². The third kappa shape index (κ3) is 9.34. The Hall–Kier alpha value is -0.570. The summed E-state index contributed by atoms with van der Waals surface area (Å²) in [6.45, 7) is 4.14. The summed E-state index contributed by atoms with van der Waals surface area (Å²) in [6.07, 6.45) is 2.98. The van der Waals surface area contributed by atoms with E-state index in [1.807, 2.05) is 0 Å². The topological polar surface area (TPSA) is 57.5 Å². The van der Waals surface area contributed by atoms with Crippen molar-refractivity contribution in [1.29, 1.82) is 0 Å². The maximum Gasteiger partial charge on any atom is 0.303 e. The van der Waals surface area contributed by atoms with Gasteiger partial charge >= 0.3 is 5.97 Å². The molecule has 0 fully saturated rings. The molecule has 0 rings (SSSR count). The van der Waals surface area contributed by atoms with Crippen LogP contribution in [0.4, 0.5) is 0 Å². The number of unbranched alkanes of at least 4 members (excludes halogenated alkanes) is 1. The van der Waals surface area contributed by atoms with Crippen molar-refractivity contribution in [3.8, 4) is 0 Å². The summed E-state index contributed by atoms with van der Waals surface area (Å²) >= 11 is 0. The standard InChI is InChI=1S/C10H20O3/c1-8(2)7-9(11)5-3-4-6-10(12)13/h8-9,11H,3-7H2,1-2H3,(H,12,13). The highest BCUT2D eigenvalue weighted by molar-refractivity contribution is 5.66. The maximum atomic E-state index is 10.2. The summed E-state index contributed by atoms with van der Waals surface area (Å²) in [7, 11) is 0. The second-order valence-electron chi connectivity index (χ2n) is 3.92. The van der Waals surface area contributed by atoms with Gasteiger partial charge in [0.25, 0.3) is 0 Å². The van der Waals surface area contributed by atoms with E-state index in [1.165, 1.54) is 0 Å². The number of hydrogen-bond donors (Lipinski definition) is 2. The molecular formula is C10H20O3. The average molecular weight is 188 g/mol. The lowest BCUT2D eigenvalue weighted by molar-refractivity contribution is -0.137. The molecule has 0 radical (unpaired) electrons. The number of carboxylic acid groups (broad SMARTS) is 1. The molecule has 2 N–H and O–H groups in total. The number of carboxylic acids is 1. The summed E-state index contributed by atoms with van der Waals surface area (Å²) in [4.78, 5) is 10.2. The van der Waals surface area contributed by atoms with E-state index < -0.39 is 5.97 Å². The quantitative estimate of drug-likeness (QED) is 0.601. The van der Waals surface area contributed by atoms with Gasteiger partial charge in [-0.1, -0.05) is 20.3 Å². The van der Waals surface area contributed by atoms with Gasteiger partial charge in [0.15, 0.2) is 0 Å². The molecule has 78 valence electrons. The Morgan fingerprint density at radius 1 is 1.31 bits per heavy atom. The number of carbonyl (C=O) groups is 1. The van der Waals surface area contributed by atoms with E-state index >= 15 is 0 Å². The van der Waals surface area contributed by atoms with Gasteiger partial charge in [-0.05, 0) is 25.2 Å². The summed E-state index contributed by atoms with van der Waals surface area (Å²) in [5.41, 5.74) is 0. The van der Waals surface area contributed by atoms with Gasteiger partial charge in [0.05, 0.1) is 6.10 Å². The molecule has 0 heterocycles. The predicted molar refractivity (Wildman–Crippen MR) is 51.6 cm³/mol. The lowest BCUT2D eigenvalue weighted by Gasteiger charge is -2.11. The normalized spacial score (nSPS) is 13.2. The molecule has 0 amide bonds. The maximum absolute atomic E-state index is 10.2. The molecule has 0 saturated carbocycles. The van der Waals surface area contributed by atoms with Gasteiger partial charge in [-0.3, -0.25) is 4.79 Å². The Bertz CT molecular complexity index is 143. The molecule has 1 unspecified atom stereocenters. The van der Waals surface area contributed by atoms with Crippen LogP contribution >= 0.6 is 0 Å². The molecule has 3 heteroatoms. The summed E-state index contributed by atoms with van der Waals surface area (Å²) in [5, 5.41) is 17.8. The zero-order chi connectivity index (χ0) is 10.3. The molecule has 0 aromatic heterocycles. The van der Waals surface area contributed by atoms with Crippen LogP contribution in [0.1, 0.15) is 46.0 Å². The Labute approximate surface area is 79.8 Å². The first-order valence-corrected chi connectivity index (χ1v) is 4.92. The molecule has 1 atom stereocenters. The fraction of sp³-hybridized carbons (Fsp3) is 0.900. The second-order valence-corrected chi connectivity index (χ2v) is 3.92. The van der Waals surface area contributed by atoms with Crippen LogP contribution in [-0.4, -0.2) is 22.3 Å². The van der Waals surface area contributed by atoms with E-state index in [0.717, 1.165) is 19.3 Å². The average Bonchev–Trinajstić information content (AvgIpc) is 1.96. The van der Waals surface area contributed by atoms with Gasteiger partial charge in [0.2, 0.25) is 0 Å². The van der Waals surface area contributed by atoms with Crippen molar-refractivity contribution in [3.63, 3.8) is 0 Å². The van der Waals surface area contributed by atoms with Crippen molar-refractivity contribution in [3.05, 3.63) is 0 Å².